The number of nitrogens with zero attached hydrogens (tertiary/aromatic N) is 1. The topological polar surface area (TPSA) is 97.8 Å². The van der Waals surface area contributed by atoms with E-state index in [1.165, 1.54) is 19.4 Å². The predicted molar refractivity (Wildman–Crippen MR) is 103 cm³/mol. The normalized spacial score (nSPS) is 12.9. The van der Waals surface area contributed by atoms with Gasteiger partial charge in [-0.1, -0.05) is 46.0 Å². The number of methoxy groups -OCH3 is 1. The Balaban J connectivity index is 2.79. The van der Waals surface area contributed by atoms with Crippen molar-refractivity contribution in [3.63, 3.8) is 0 Å². The summed E-state index contributed by atoms with van der Waals surface area (Å²) in [5.41, 5.74) is -0.180. The molecule has 2 N–H and O–H groups in total. The summed E-state index contributed by atoms with van der Waals surface area (Å²) in [7, 11) is 1.39. The van der Waals surface area contributed by atoms with E-state index in [1.54, 1.807) is 6.92 Å². The number of aromatic nitrogens is 1. The van der Waals surface area contributed by atoms with Crippen molar-refractivity contribution in [2.45, 2.75) is 65.3 Å². The number of hydrogen-bond donors (Lipinski definition) is 2. The fourth-order valence-electron chi connectivity index (χ4n) is 3.06. The molecule has 7 heteroatoms. The van der Waals surface area contributed by atoms with Crippen molar-refractivity contribution < 1.29 is 24.2 Å². The molecule has 0 radical (unpaired) electrons. The van der Waals surface area contributed by atoms with Crippen molar-refractivity contribution in [2.24, 2.45) is 5.92 Å². The van der Waals surface area contributed by atoms with Crippen LogP contribution in [0.5, 0.6) is 11.5 Å². The molecule has 0 saturated heterocycles. The van der Waals surface area contributed by atoms with Crippen molar-refractivity contribution in [3.05, 3.63) is 18.0 Å². The molecule has 0 aliphatic rings. The van der Waals surface area contributed by atoms with Gasteiger partial charge in [0.1, 0.15) is 6.04 Å². The van der Waals surface area contributed by atoms with Gasteiger partial charge in [0.2, 0.25) is 0 Å². The summed E-state index contributed by atoms with van der Waals surface area (Å²) < 4.78 is 10.1. The van der Waals surface area contributed by atoms with Crippen LogP contribution in [0.4, 0.5) is 0 Å². The van der Waals surface area contributed by atoms with E-state index in [9.17, 15) is 14.7 Å². The van der Waals surface area contributed by atoms with E-state index in [-0.39, 0.29) is 23.8 Å². The molecular formula is C20H32N2O5. The lowest BCUT2D eigenvalue weighted by molar-refractivity contribution is -0.145. The average molecular weight is 380 g/mol. The predicted octanol–water partition coefficient (Wildman–Crippen LogP) is 3.45. The van der Waals surface area contributed by atoms with E-state index >= 15 is 0 Å². The monoisotopic (exact) mass is 380 g/mol. The summed E-state index contributed by atoms with van der Waals surface area (Å²) in [5.74, 6) is -0.693. The van der Waals surface area contributed by atoms with Gasteiger partial charge in [-0.25, -0.2) is 9.78 Å². The lowest BCUT2D eigenvalue weighted by atomic mass is 9.93. The van der Waals surface area contributed by atoms with Crippen LogP contribution in [0.3, 0.4) is 0 Å². The highest BCUT2D eigenvalue weighted by Crippen LogP contribution is 2.27. The first-order valence-corrected chi connectivity index (χ1v) is 9.67. The molecule has 0 saturated carbocycles. The lowest BCUT2D eigenvalue weighted by Gasteiger charge is -2.19. The van der Waals surface area contributed by atoms with Crippen LogP contribution in [0.2, 0.25) is 0 Å². The highest BCUT2D eigenvalue weighted by Gasteiger charge is 2.25. The zero-order chi connectivity index (χ0) is 20.2. The van der Waals surface area contributed by atoms with Gasteiger partial charge in [-0.3, -0.25) is 4.79 Å². The third-order valence-electron chi connectivity index (χ3n) is 4.58. The molecule has 1 aromatic heterocycles. The zero-order valence-electron chi connectivity index (χ0n) is 16.8. The Morgan fingerprint density at radius 1 is 1.22 bits per heavy atom. The van der Waals surface area contributed by atoms with Gasteiger partial charge in [0, 0.05) is 12.3 Å². The third kappa shape index (κ3) is 7.07. The number of ether oxygens (including phenoxy) is 2. The summed E-state index contributed by atoms with van der Waals surface area (Å²) >= 11 is 0. The molecule has 0 aliphatic heterocycles. The van der Waals surface area contributed by atoms with E-state index in [2.05, 4.69) is 24.1 Å². The summed E-state index contributed by atoms with van der Waals surface area (Å²) in [6.07, 6.45) is 7.05. The van der Waals surface area contributed by atoms with Gasteiger partial charge in [-0.2, -0.15) is 0 Å². The maximum absolute atomic E-state index is 12.5. The molecule has 1 heterocycles. The minimum absolute atomic E-state index is 0.146. The van der Waals surface area contributed by atoms with E-state index in [1.807, 2.05) is 0 Å². The summed E-state index contributed by atoms with van der Waals surface area (Å²) in [6.45, 7) is 6.29. The zero-order valence-corrected chi connectivity index (χ0v) is 16.8. The fraction of sp³-hybridized carbons (Fsp3) is 0.650. The molecular weight excluding hydrogens is 348 g/mol. The van der Waals surface area contributed by atoms with Gasteiger partial charge in [0.15, 0.2) is 17.2 Å². The van der Waals surface area contributed by atoms with Crippen molar-refractivity contribution in [2.75, 3.05) is 13.7 Å². The van der Waals surface area contributed by atoms with Crippen molar-refractivity contribution >= 4 is 11.9 Å². The van der Waals surface area contributed by atoms with Crippen LogP contribution in [0.15, 0.2) is 12.3 Å². The number of aromatic hydroxyl groups is 1. The van der Waals surface area contributed by atoms with Crippen LogP contribution >= 0.6 is 0 Å². The number of pyridine rings is 1. The van der Waals surface area contributed by atoms with Crippen LogP contribution in [0, 0.1) is 5.92 Å². The molecule has 0 aromatic carbocycles. The number of esters is 1. The molecule has 1 aromatic rings. The van der Waals surface area contributed by atoms with Crippen molar-refractivity contribution in [3.8, 4) is 11.5 Å². The average Bonchev–Trinajstić information content (AvgIpc) is 2.66. The Hall–Kier alpha value is -2.31. The summed E-state index contributed by atoms with van der Waals surface area (Å²) in [4.78, 5) is 28.7. The van der Waals surface area contributed by atoms with Gasteiger partial charge in [-0.05, 0) is 19.3 Å². The molecule has 0 aliphatic carbocycles. The smallest absolute Gasteiger partial charge is 0.328 e. The summed E-state index contributed by atoms with van der Waals surface area (Å²) in [6, 6.07) is 0.678. The van der Waals surface area contributed by atoms with E-state index in [4.69, 9.17) is 9.47 Å². The van der Waals surface area contributed by atoms with E-state index < -0.39 is 17.9 Å². The molecule has 1 amide bonds. The Morgan fingerprint density at radius 3 is 2.56 bits per heavy atom. The van der Waals surface area contributed by atoms with Crippen LogP contribution in [0.1, 0.15) is 69.8 Å². The number of carbonyl (C=O) groups is 2. The van der Waals surface area contributed by atoms with Crippen LogP contribution in [-0.4, -0.2) is 41.7 Å². The van der Waals surface area contributed by atoms with Gasteiger partial charge < -0.3 is 19.9 Å². The highest BCUT2D eigenvalue weighted by atomic mass is 16.5. The van der Waals surface area contributed by atoms with Crippen LogP contribution in [0.25, 0.3) is 0 Å². The Labute approximate surface area is 161 Å². The number of nitrogens with one attached hydrogen (secondary N) is 1. The van der Waals surface area contributed by atoms with Crippen molar-refractivity contribution in [1.29, 1.82) is 0 Å². The van der Waals surface area contributed by atoms with Gasteiger partial charge >= 0.3 is 5.97 Å². The Morgan fingerprint density at radius 2 is 1.96 bits per heavy atom. The third-order valence-corrected chi connectivity index (χ3v) is 4.58. The number of hydrogen-bond acceptors (Lipinski definition) is 6. The van der Waals surface area contributed by atoms with E-state index in [0.717, 1.165) is 32.1 Å². The quantitative estimate of drug-likeness (QED) is 0.539. The first-order valence-electron chi connectivity index (χ1n) is 9.67. The van der Waals surface area contributed by atoms with Gasteiger partial charge in [-0.15, -0.1) is 0 Å². The lowest BCUT2D eigenvalue weighted by Crippen LogP contribution is -2.42. The Bertz CT molecular complexity index is 606. The molecule has 0 fully saturated rings. The second kappa shape index (κ2) is 12.1. The minimum Gasteiger partial charge on any atom is -0.503 e. The maximum atomic E-state index is 12.5. The number of rotatable bonds is 12. The molecule has 7 nitrogen and oxygen atoms in total. The van der Waals surface area contributed by atoms with Gasteiger partial charge in [0.05, 0.1) is 13.7 Å². The molecule has 0 bridgehead atoms. The van der Waals surface area contributed by atoms with Gasteiger partial charge in [0.25, 0.3) is 5.91 Å². The Kier molecular flexibility index (Phi) is 10.2. The molecule has 0 spiro atoms. The van der Waals surface area contributed by atoms with Crippen LogP contribution < -0.4 is 10.1 Å². The highest BCUT2D eigenvalue weighted by molar-refractivity contribution is 5.97. The van der Waals surface area contributed by atoms with E-state index in [0.29, 0.717) is 12.3 Å². The fourth-order valence-corrected chi connectivity index (χ4v) is 3.06. The second-order valence-electron chi connectivity index (χ2n) is 6.48. The number of amides is 1. The van der Waals surface area contributed by atoms with Crippen LogP contribution in [-0.2, 0) is 9.53 Å². The molecule has 1 rings (SSSR count). The molecule has 27 heavy (non-hydrogen) atoms. The first-order chi connectivity index (χ1) is 13.0. The largest absolute Gasteiger partial charge is 0.503 e. The molecule has 2 atom stereocenters. The first kappa shape index (κ1) is 22.7. The molecule has 2 unspecified atom stereocenters. The second-order valence-corrected chi connectivity index (χ2v) is 6.48. The maximum Gasteiger partial charge on any atom is 0.328 e. The number of carbonyl (C=O) groups excluding carboxylic acids is 2. The van der Waals surface area contributed by atoms with Crippen molar-refractivity contribution in [1.82, 2.24) is 10.3 Å². The standard InChI is InChI=1S/C20H32N2O5/c1-5-9-14(6-2)10-8-11-15(20(25)27-7-3)22-19(24)17-18(23)16(26-4)12-13-21-17/h12-15,23H,5-11H2,1-4H3,(H,22,24). The SMILES string of the molecule is CCCC(CC)CCCC(NC(=O)c1nccc(OC)c1O)C(=O)OCC. The molecule has 152 valence electrons. The minimum atomic E-state index is -0.774. The summed E-state index contributed by atoms with van der Waals surface area (Å²) in [5, 5.41) is 12.7.